The van der Waals surface area contributed by atoms with Crippen LogP contribution in [0.15, 0.2) is 71.2 Å². The molecule has 0 saturated carbocycles. The van der Waals surface area contributed by atoms with Crippen LogP contribution in [0.5, 0.6) is 5.75 Å². The molecule has 0 unspecified atom stereocenters. The van der Waals surface area contributed by atoms with Gasteiger partial charge in [0, 0.05) is 43.9 Å². The summed E-state index contributed by atoms with van der Waals surface area (Å²) in [6.45, 7) is 0. The van der Waals surface area contributed by atoms with E-state index in [1.165, 1.54) is 0 Å². The smallest absolute Gasteiger partial charge is 0.194 e. The summed E-state index contributed by atoms with van der Waals surface area (Å²) in [6.07, 6.45) is 5.27. The van der Waals surface area contributed by atoms with Gasteiger partial charge < -0.3 is 10.1 Å². The van der Waals surface area contributed by atoms with E-state index < -0.39 is 0 Å². The van der Waals surface area contributed by atoms with Crippen molar-refractivity contribution in [3.8, 4) is 5.75 Å². The Morgan fingerprint density at radius 2 is 1.75 bits per heavy atom. The van der Waals surface area contributed by atoms with E-state index in [1.807, 2.05) is 24.3 Å². The van der Waals surface area contributed by atoms with Crippen LogP contribution in [-0.4, -0.2) is 18.7 Å². The van der Waals surface area contributed by atoms with Gasteiger partial charge in [-0.1, -0.05) is 52.3 Å². The number of carbonyl (C=O) groups is 2. The number of hydrogen-bond donors (Lipinski definition) is 1. The molecule has 0 aromatic heterocycles. The van der Waals surface area contributed by atoms with Gasteiger partial charge >= 0.3 is 0 Å². The van der Waals surface area contributed by atoms with Gasteiger partial charge in [0.25, 0.3) is 0 Å². The van der Waals surface area contributed by atoms with Gasteiger partial charge in [0.15, 0.2) is 11.6 Å². The minimum absolute atomic E-state index is 0.0229. The van der Waals surface area contributed by atoms with E-state index in [0.717, 1.165) is 33.5 Å². The SMILES string of the molecule is COc1ccc(Br)cc1[C@@H]1Nc2ccc3c(c2[C@@H]2C=CC[C@@H]21)C(=O)c1ccccc1C3=O. The Kier molecular flexibility index (Phi) is 4.37. The molecule has 3 aromatic carbocycles. The number of benzene rings is 3. The monoisotopic (exact) mass is 485 g/mol. The first kappa shape index (κ1) is 19.5. The summed E-state index contributed by atoms with van der Waals surface area (Å²) >= 11 is 3.59. The van der Waals surface area contributed by atoms with E-state index in [4.69, 9.17) is 4.74 Å². The molecule has 6 rings (SSSR count). The summed E-state index contributed by atoms with van der Waals surface area (Å²) in [5.41, 5.74) is 4.98. The second-order valence-corrected chi connectivity index (χ2v) is 9.43. The number of allylic oxidation sites excluding steroid dienone is 2. The lowest BCUT2D eigenvalue weighted by molar-refractivity contribution is 0.0978. The van der Waals surface area contributed by atoms with Gasteiger partial charge in [-0.05, 0) is 48.2 Å². The number of fused-ring (bicyclic) bond motifs is 6. The van der Waals surface area contributed by atoms with E-state index in [9.17, 15) is 9.59 Å². The number of hydrogen-bond acceptors (Lipinski definition) is 4. The molecule has 0 radical (unpaired) electrons. The first-order valence-electron chi connectivity index (χ1n) is 10.7. The Morgan fingerprint density at radius 1 is 0.969 bits per heavy atom. The van der Waals surface area contributed by atoms with Crippen LogP contribution in [0.2, 0.25) is 0 Å². The highest BCUT2D eigenvalue weighted by Gasteiger charge is 2.43. The minimum atomic E-state index is -0.0766. The minimum Gasteiger partial charge on any atom is -0.496 e. The number of halogens is 1. The highest BCUT2D eigenvalue weighted by atomic mass is 79.9. The van der Waals surface area contributed by atoms with E-state index in [2.05, 4.69) is 39.5 Å². The molecule has 32 heavy (non-hydrogen) atoms. The van der Waals surface area contributed by atoms with Crippen LogP contribution >= 0.6 is 15.9 Å². The van der Waals surface area contributed by atoms with Crippen molar-refractivity contribution in [2.75, 3.05) is 12.4 Å². The van der Waals surface area contributed by atoms with Gasteiger partial charge in [-0.25, -0.2) is 0 Å². The first-order chi connectivity index (χ1) is 15.6. The third-order valence-corrected chi connectivity index (χ3v) is 7.44. The highest BCUT2D eigenvalue weighted by Crippen LogP contribution is 2.53. The summed E-state index contributed by atoms with van der Waals surface area (Å²) in [5.74, 6) is 0.964. The second-order valence-electron chi connectivity index (χ2n) is 8.51. The number of rotatable bonds is 2. The molecule has 1 N–H and O–H groups in total. The average molecular weight is 486 g/mol. The Hall–Kier alpha value is -3.18. The largest absolute Gasteiger partial charge is 0.496 e. The quantitative estimate of drug-likeness (QED) is 0.350. The fourth-order valence-electron chi connectivity index (χ4n) is 5.54. The molecular weight excluding hydrogens is 466 g/mol. The lowest BCUT2D eigenvalue weighted by Crippen LogP contribution is -2.33. The molecule has 0 amide bonds. The molecule has 3 aromatic rings. The molecular formula is C27H20BrNO3. The van der Waals surface area contributed by atoms with Gasteiger partial charge in [-0.2, -0.15) is 0 Å². The molecule has 158 valence electrons. The molecule has 3 aliphatic rings. The number of ether oxygens (including phenoxy) is 1. The van der Waals surface area contributed by atoms with Crippen molar-refractivity contribution in [3.63, 3.8) is 0 Å². The van der Waals surface area contributed by atoms with E-state index in [-0.39, 0.29) is 29.4 Å². The third-order valence-electron chi connectivity index (χ3n) is 6.95. The van der Waals surface area contributed by atoms with Gasteiger partial charge in [-0.15, -0.1) is 0 Å². The number of carbonyl (C=O) groups excluding carboxylic acids is 2. The topological polar surface area (TPSA) is 55.4 Å². The maximum absolute atomic E-state index is 13.6. The summed E-state index contributed by atoms with van der Waals surface area (Å²) < 4.78 is 6.66. The predicted octanol–water partition coefficient (Wildman–Crippen LogP) is 6.06. The zero-order chi connectivity index (χ0) is 22.0. The van der Waals surface area contributed by atoms with Crippen LogP contribution in [0, 0.1) is 5.92 Å². The van der Waals surface area contributed by atoms with Crippen LogP contribution in [0.3, 0.4) is 0 Å². The molecule has 0 spiro atoms. The second kappa shape index (κ2) is 7.17. The van der Waals surface area contributed by atoms with Gasteiger partial charge in [-0.3, -0.25) is 9.59 Å². The Bertz CT molecular complexity index is 1340. The zero-order valence-corrected chi connectivity index (χ0v) is 19.0. The molecule has 1 heterocycles. The van der Waals surface area contributed by atoms with Crippen molar-refractivity contribution in [1.29, 1.82) is 0 Å². The predicted molar refractivity (Wildman–Crippen MR) is 127 cm³/mol. The number of nitrogens with one attached hydrogen (secondary N) is 1. The Labute approximate surface area is 194 Å². The molecule has 2 aliphatic carbocycles. The maximum atomic E-state index is 13.6. The molecule has 5 heteroatoms. The summed E-state index contributed by atoms with van der Waals surface area (Å²) in [7, 11) is 1.69. The lowest BCUT2D eigenvalue weighted by atomic mass is 9.71. The number of anilines is 1. The van der Waals surface area contributed by atoms with Gasteiger partial charge in [0.1, 0.15) is 5.75 Å². The summed E-state index contributed by atoms with van der Waals surface area (Å²) in [5, 5.41) is 3.69. The fraction of sp³-hybridized carbons (Fsp3) is 0.185. The van der Waals surface area contributed by atoms with Crippen LogP contribution in [-0.2, 0) is 0 Å². The van der Waals surface area contributed by atoms with E-state index in [1.54, 1.807) is 31.4 Å². The average Bonchev–Trinajstić information content (AvgIpc) is 3.31. The molecule has 3 atom stereocenters. The normalized spacial score (nSPS) is 22.5. The standard InChI is InChI=1S/C27H20BrNO3/c1-32-22-12-9-14(28)13-20(22)25-16-8-4-7-15(16)23-21(29-25)11-10-19-24(23)27(31)18-6-3-2-5-17(18)26(19)30/h2-7,9-13,15-16,25,29H,8H2,1H3/t15-,16+,25-/m1/s1. The van der Waals surface area contributed by atoms with Crippen molar-refractivity contribution in [2.24, 2.45) is 5.92 Å². The lowest BCUT2D eigenvalue weighted by Gasteiger charge is -2.39. The van der Waals surface area contributed by atoms with Crippen molar-refractivity contribution >= 4 is 33.2 Å². The van der Waals surface area contributed by atoms with Crippen molar-refractivity contribution < 1.29 is 14.3 Å². The van der Waals surface area contributed by atoms with Crippen LogP contribution in [0.25, 0.3) is 0 Å². The van der Waals surface area contributed by atoms with E-state index in [0.29, 0.717) is 22.3 Å². The molecule has 0 bridgehead atoms. The van der Waals surface area contributed by atoms with Gasteiger partial charge in [0.2, 0.25) is 0 Å². The fourth-order valence-corrected chi connectivity index (χ4v) is 5.92. The first-order valence-corrected chi connectivity index (χ1v) is 11.5. The van der Waals surface area contributed by atoms with Crippen molar-refractivity contribution in [2.45, 2.75) is 18.4 Å². The number of ketones is 2. The molecule has 0 saturated heterocycles. The molecule has 1 aliphatic heterocycles. The highest BCUT2D eigenvalue weighted by molar-refractivity contribution is 9.10. The maximum Gasteiger partial charge on any atom is 0.194 e. The van der Waals surface area contributed by atoms with Crippen molar-refractivity contribution in [1.82, 2.24) is 0 Å². The van der Waals surface area contributed by atoms with Gasteiger partial charge in [0.05, 0.1) is 13.2 Å². The van der Waals surface area contributed by atoms with Crippen LogP contribution in [0.1, 0.15) is 61.4 Å². The summed E-state index contributed by atoms with van der Waals surface area (Å²) in [4.78, 5) is 26.8. The Morgan fingerprint density at radius 3 is 2.53 bits per heavy atom. The molecule has 0 fully saturated rings. The number of methoxy groups -OCH3 is 1. The summed E-state index contributed by atoms with van der Waals surface area (Å²) in [6, 6.07) is 16.9. The van der Waals surface area contributed by atoms with Crippen LogP contribution < -0.4 is 10.1 Å². The Balaban J connectivity index is 1.54. The molecule has 4 nitrogen and oxygen atoms in total. The third kappa shape index (κ3) is 2.67. The van der Waals surface area contributed by atoms with E-state index >= 15 is 0 Å². The van der Waals surface area contributed by atoms with Crippen molar-refractivity contribution in [3.05, 3.63) is 105 Å². The zero-order valence-electron chi connectivity index (χ0n) is 17.4. The van der Waals surface area contributed by atoms with Crippen LogP contribution in [0.4, 0.5) is 5.69 Å².